The molecule has 5 heteroatoms. The minimum Gasteiger partial charge on any atom is -0.378 e. The summed E-state index contributed by atoms with van der Waals surface area (Å²) in [6, 6.07) is 10.5. The zero-order valence-corrected chi connectivity index (χ0v) is 15.3. The number of nitrogens with zero attached hydrogens (tertiary/aromatic N) is 1. The predicted molar refractivity (Wildman–Crippen MR) is 97.6 cm³/mol. The molecule has 2 aliphatic rings. The van der Waals surface area contributed by atoms with Crippen LogP contribution in [-0.4, -0.2) is 61.9 Å². The predicted octanol–water partition coefficient (Wildman–Crippen LogP) is 2.17. The summed E-state index contributed by atoms with van der Waals surface area (Å²) >= 11 is 0. The van der Waals surface area contributed by atoms with Crippen molar-refractivity contribution in [2.45, 2.75) is 50.9 Å². The van der Waals surface area contributed by atoms with Crippen molar-refractivity contribution in [2.24, 2.45) is 0 Å². The number of nitrogens with one attached hydrogen (secondary N) is 1. The van der Waals surface area contributed by atoms with Crippen molar-refractivity contribution in [3.8, 4) is 0 Å². The fourth-order valence-electron chi connectivity index (χ4n) is 3.89. The fraction of sp³-hybridized carbons (Fsp3) is 0.650. The van der Waals surface area contributed by atoms with Crippen LogP contribution in [-0.2, 0) is 14.3 Å². The van der Waals surface area contributed by atoms with Gasteiger partial charge in [-0.2, -0.15) is 0 Å². The first kappa shape index (κ1) is 18.4. The Labute approximate surface area is 150 Å². The number of ether oxygens (including phenoxy) is 2. The van der Waals surface area contributed by atoms with Gasteiger partial charge in [0.05, 0.1) is 31.3 Å². The number of carbonyl (C=O) groups is 1. The molecule has 3 rings (SSSR count). The molecule has 2 aliphatic heterocycles. The van der Waals surface area contributed by atoms with Gasteiger partial charge < -0.3 is 19.7 Å². The van der Waals surface area contributed by atoms with Crippen LogP contribution in [0.4, 0.5) is 0 Å². The summed E-state index contributed by atoms with van der Waals surface area (Å²) in [5, 5.41) is 3.64. The van der Waals surface area contributed by atoms with Crippen LogP contribution < -0.4 is 5.32 Å². The molecule has 5 nitrogen and oxygen atoms in total. The maximum atomic E-state index is 13.1. The van der Waals surface area contributed by atoms with Gasteiger partial charge in [0.25, 0.3) is 0 Å². The molecular weight excluding hydrogens is 316 g/mol. The van der Waals surface area contributed by atoms with Crippen molar-refractivity contribution in [1.29, 1.82) is 0 Å². The summed E-state index contributed by atoms with van der Waals surface area (Å²) in [6.07, 6.45) is 2.53. The van der Waals surface area contributed by atoms with Crippen LogP contribution in [0.25, 0.3) is 0 Å². The van der Waals surface area contributed by atoms with Crippen molar-refractivity contribution in [2.75, 3.05) is 32.8 Å². The maximum absolute atomic E-state index is 13.1. The smallest absolute Gasteiger partial charge is 0.231 e. The number of benzene rings is 1. The Morgan fingerprint density at radius 1 is 1.16 bits per heavy atom. The molecule has 0 aliphatic carbocycles. The van der Waals surface area contributed by atoms with Gasteiger partial charge in [-0.3, -0.25) is 4.79 Å². The molecule has 0 saturated carbocycles. The molecule has 1 aromatic carbocycles. The van der Waals surface area contributed by atoms with Gasteiger partial charge in [-0.1, -0.05) is 30.3 Å². The third-order valence-corrected chi connectivity index (χ3v) is 5.13. The largest absolute Gasteiger partial charge is 0.378 e. The summed E-state index contributed by atoms with van der Waals surface area (Å²) in [5.74, 6) is 0.0583. The lowest BCUT2D eigenvalue weighted by molar-refractivity contribution is -0.136. The topological polar surface area (TPSA) is 50.8 Å². The average Bonchev–Trinajstić information content (AvgIpc) is 2.62. The third-order valence-electron chi connectivity index (χ3n) is 5.13. The van der Waals surface area contributed by atoms with Crippen LogP contribution in [0.15, 0.2) is 30.3 Å². The quantitative estimate of drug-likeness (QED) is 0.888. The van der Waals surface area contributed by atoms with Crippen molar-refractivity contribution in [3.05, 3.63) is 35.9 Å². The summed E-state index contributed by atoms with van der Waals surface area (Å²) in [4.78, 5) is 15.0. The highest BCUT2D eigenvalue weighted by Crippen LogP contribution is 2.22. The molecule has 2 saturated heterocycles. The molecule has 3 atom stereocenters. The summed E-state index contributed by atoms with van der Waals surface area (Å²) in [6.45, 7) is 7.56. The first-order valence-corrected chi connectivity index (χ1v) is 9.44. The summed E-state index contributed by atoms with van der Waals surface area (Å²) in [5.41, 5.74) is 1.08. The van der Waals surface area contributed by atoms with E-state index >= 15 is 0 Å². The van der Waals surface area contributed by atoms with Gasteiger partial charge in [-0.15, -0.1) is 0 Å². The average molecular weight is 346 g/mol. The number of hydrogen-bond donors (Lipinski definition) is 1. The highest BCUT2D eigenvalue weighted by Gasteiger charge is 2.29. The van der Waals surface area contributed by atoms with Crippen molar-refractivity contribution in [3.63, 3.8) is 0 Å². The first-order valence-electron chi connectivity index (χ1n) is 9.44. The Morgan fingerprint density at radius 2 is 1.80 bits per heavy atom. The monoisotopic (exact) mass is 346 g/mol. The van der Waals surface area contributed by atoms with Crippen LogP contribution in [0.1, 0.15) is 38.2 Å². The van der Waals surface area contributed by atoms with Crippen LogP contribution in [0, 0.1) is 0 Å². The van der Waals surface area contributed by atoms with E-state index in [0.717, 1.165) is 18.4 Å². The van der Waals surface area contributed by atoms with E-state index in [1.165, 1.54) is 0 Å². The highest BCUT2D eigenvalue weighted by molar-refractivity contribution is 5.84. The van der Waals surface area contributed by atoms with Gasteiger partial charge in [0.1, 0.15) is 0 Å². The van der Waals surface area contributed by atoms with Crippen molar-refractivity contribution in [1.82, 2.24) is 10.2 Å². The van der Waals surface area contributed by atoms with Crippen LogP contribution >= 0.6 is 0 Å². The van der Waals surface area contributed by atoms with E-state index in [1.807, 2.05) is 23.1 Å². The van der Waals surface area contributed by atoms with Crippen LogP contribution in [0.5, 0.6) is 0 Å². The van der Waals surface area contributed by atoms with Crippen LogP contribution in [0.2, 0.25) is 0 Å². The summed E-state index contributed by atoms with van der Waals surface area (Å²) in [7, 11) is 0. The van der Waals surface area contributed by atoms with Crippen LogP contribution in [0.3, 0.4) is 0 Å². The normalized spacial score (nSPS) is 28.6. The fourth-order valence-corrected chi connectivity index (χ4v) is 3.89. The summed E-state index contributed by atoms with van der Waals surface area (Å²) < 4.78 is 11.2. The van der Waals surface area contributed by atoms with E-state index in [1.54, 1.807) is 0 Å². The van der Waals surface area contributed by atoms with Gasteiger partial charge in [0.2, 0.25) is 5.91 Å². The molecule has 1 aromatic rings. The number of morpholine rings is 1. The van der Waals surface area contributed by atoms with Gasteiger partial charge in [0, 0.05) is 25.7 Å². The molecule has 2 fully saturated rings. The molecule has 0 bridgehead atoms. The second-order valence-electron chi connectivity index (χ2n) is 7.23. The maximum Gasteiger partial charge on any atom is 0.231 e. The number of amides is 1. The SMILES string of the molecule is C[C@@H]1CC(NC[C@H](C(=O)N2CCOCC2)c2ccccc2)C[C@@H](C)O1. The second kappa shape index (κ2) is 8.79. The molecule has 25 heavy (non-hydrogen) atoms. The molecule has 1 amide bonds. The van der Waals surface area contributed by atoms with Gasteiger partial charge in [-0.25, -0.2) is 0 Å². The van der Waals surface area contributed by atoms with E-state index in [0.29, 0.717) is 38.9 Å². The molecule has 138 valence electrons. The molecule has 1 N–H and O–H groups in total. The lowest BCUT2D eigenvalue weighted by atomic mass is 9.95. The Kier molecular flexibility index (Phi) is 6.45. The minimum absolute atomic E-state index is 0.146. The van der Waals surface area contributed by atoms with Gasteiger partial charge in [0.15, 0.2) is 0 Å². The second-order valence-corrected chi connectivity index (χ2v) is 7.23. The zero-order valence-electron chi connectivity index (χ0n) is 15.3. The van der Waals surface area contributed by atoms with E-state index in [-0.39, 0.29) is 24.0 Å². The van der Waals surface area contributed by atoms with Crippen molar-refractivity contribution < 1.29 is 14.3 Å². The Hall–Kier alpha value is -1.43. The molecule has 0 aromatic heterocycles. The number of hydrogen-bond acceptors (Lipinski definition) is 4. The lowest BCUT2D eigenvalue weighted by Crippen LogP contribution is -2.47. The Bertz CT molecular complexity index is 535. The van der Waals surface area contributed by atoms with E-state index in [2.05, 4.69) is 31.3 Å². The van der Waals surface area contributed by atoms with Crippen molar-refractivity contribution >= 4 is 5.91 Å². The van der Waals surface area contributed by atoms with E-state index < -0.39 is 0 Å². The standard InChI is InChI=1S/C20H30N2O3/c1-15-12-18(13-16(2)25-15)21-14-19(17-6-4-3-5-7-17)20(23)22-8-10-24-11-9-22/h3-7,15-16,18-19,21H,8-14H2,1-2H3/t15-,16-,19+/m1/s1. The van der Waals surface area contributed by atoms with Gasteiger partial charge in [-0.05, 0) is 32.3 Å². The minimum atomic E-state index is -0.146. The zero-order chi connectivity index (χ0) is 17.6. The molecular formula is C20H30N2O3. The lowest BCUT2D eigenvalue weighted by Gasteiger charge is -2.35. The third kappa shape index (κ3) is 5.03. The van der Waals surface area contributed by atoms with Gasteiger partial charge >= 0.3 is 0 Å². The highest BCUT2D eigenvalue weighted by atomic mass is 16.5. The number of carbonyl (C=O) groups excluding carboxylic acids is 1. The molecule has 0 spiro atoms. The first-order chi connectivity index (χ1) is 12.1. The molecule has 2 heterocycles. The number of rotatable bonds is 5. The Balaban J connectivity index is 1.67. The van der Waals surface area contributed by atoms with E-state index in [4.69, 9.17) is 9.47 Å². The Morgan fingerprint density at radius 3 is 2.44 bits per heavy atom. The van der Waals surface area contributed by atoms with E-state index in [9.17, 15) is 4.79 Å². The molecule has 0 unspecified atom stereocenters. The molecule has 0 radical (unpaired) electrons.